The first-order valence-corrected chi connectivity index (χ1v) is 11.0. The van der Waals surface area contributed by atoms with Gasteiger partial charge in [-0.05, 0) is 49.5 Å². The molecular weight excluding hydrogens is 392 g/mol. The fraction of sp³-hybridized carbons (Fsp3) is 0.476. The van der Waals surface area contributed by atoms with E-state index in [9.17, 15) is 0 Å². The van der Waals surface area contributed by atoms with Crippen LogP contribution in [0.25, 0.3) is 0 Å². The van der Waals surface area contributed by atoms with Crippen LogP contribution in [0.5, 0.6) is 0 Å². The fourth-order valence-corrected chi connectivity index (χ4v) is 4.91. The Hall–Kier alpha value is -1.44. The molecule has 0 spiro atoms. The van der Waals surface area contributed by atoms with E-state index in [0.29, 0.717) is 11.1 Å². The van der Waals surface area contributed by atoms with Crippen molar-refractivity contribution >= 4 is 45.0 Å². The third-order valence-electron chi connectivity index (χ3n) is 5.56. The number of rotatable bonds is 6. The van der Waals surface area contributed by atoms with Gasteiger partial charge in [-0.2, -0.15) is 0 Å². The Labute approximate surface area is 176 Å². The molecule has 3 heterocycles. The van der Waals surface area contributed by atoms with E-state index in [4.69, 9.17) is 21.3 Å². The number of fused-ring (bicyclic) bond motifs is 2. The SMILES string of the molecule is COCCC[C@H]1CN(CC2=Nc3cc(Cl)ccc3Nc3sccc32)CCN1C. The molecule has 2 aromatic rings. The zero-order valence-corrected chi connectivity index (χ0v) is 18.0. The molecule has 0 saturated carbocycles. The smallest absolute Gasteiger partial charge is 0.102 e. The maximum Gasteiger partial charge on any atom is 0.102 e. The predicted octanol–water partition coefficient (Wildman–Crippen LogP) is 4.62. The number of likely N-dealkylation sites (N-methyl/N-ethyl adjacent to an activating group) is 1. The summed E-state index contributed by atoms with van der Waals surface area (Å²) in [5.41, 5.74) is 4.24. The van der Waals surface area contributed by atoms with Gasteiger partial charge in [0.15, 0.2) is 0 Å². The minimum absolute atomic E-state index is 0.567. The normalized spacial score (nSPS) is 20.1. The molecule has 2 aliphatic heterocycles. The van der Waals surface area contributed by atoms with Gasteiger partial charge < -0.3 is 15.0 Å². The molecule has 0 unspecified atom stereocenters. The molecule has 0 radical (unpaired) electrons. The summed E-state index contributed by atoms with van der Waals surface area (Å²) in [6.07, 6.45) is 2.27. The first kappa shape index (κ1) is 19.9. The summed E-state index contributed by atoms with van der Waals surface area (Å²) in [6.45, 7) is 4.90. The van der Waals surface area contributed by atoms with E-state index in [-0.39, 0.29) is 0 Å². The van der Waals surface area contributed by atoms with Crippen LogP contribution in [0.2, 0.25) is 5.02 Å². The van der Waals surface area contributed by atoms with Gasteiger partial charge in [0.1, 0.15) is 5.00 Å². The van der Waals surface area contributed by atoms with Gasteiger partial charge in [0, 0.05) is 56.5 Å². The molecule has 0 bridgehead atoms. The maximum atomic E-state index is 6.23. The molecule has 7 heteroatoms. The average molecular weight is 419 g/mol. The van der Waals surface area contributed by atoms with Crippen molar-refractivity contribution in [3.63, 3.8) is 0 Å². The Bertz CT molecular complexity index is 853. The highest BCUT2D eigenvalue weighted by molar-refractivity contribution is 7.14. The van der Waals surface area contributed by atoms with Crippen molar-refractivity contribution in [1.82, 2.24) is 9.80 Å². The minimum atomic E-state index is 0.567. The molecule has 1 saturated heterocycles. The highest BCUT2D eigenvalue weighted by Crippen LogP contribution is 2.38. The van der Waals surface area contributed by atoms with Crippen molar-refractivity contribution in [2.24, 2.45) is 4.99 Å². The number of methoxy groups -OCH3 is 1. The number of hydrogen-bond acceptors (Lipinski definition) is 6. The Kier molecular flexibility index (Phi) is 6.33. The largest absolute Gasteiger partial charge is 0.385 e. The Balaban J connectivity index is 1.54. The predicted molar refractivity (Wildman–Crippen MR) is 119 cm³/mol. The molecule has 1 aromatic heterocycles. The van der Waals surface area contributed by atoms with Gasteiger partial charge in [-0.1, -0.05) is 11.6 Å². The summed E-state index contributed by atoms with van der Waals surface area (Å²) in [6, 6.07) is 8.60. The fourth-order valence-electron chi connectivity index (χ4n) is 3.93. The molecule has 1 N–H and O–H groups in total. The van der Waals surface area contributed by atoms with Crippen LogP contribution in [0, 0.1) is 0 Å². The zero-order valence-electron chi connectivity index (χ0n) is 16.4. The number of halogens is 1. The third-order valence-corrected chi connectivity index (χ3v) is 6.62. The van der Waals surface area contributed by atoms with Crippen LogP contribution in [0.3, 0.4) is 0 Å². The lowest BCUT2D eigenvalue weighted by atomic mass is 10.1. The van der Waals surface area contributed by atoms with Gasteiger partial charge in [-0.3, -0.25) is 4.90 Å². The Morgan fingerprint density at radius 3 is 3.07 bits per heavy atom. The molecular formula is C21H27ClN4OS. The molecule has 150 valence electrons. The van der Waals surface area contributed by atoms with Gasteiger partial charge in [-0.25, -0.2) is 4.99 Å². The first-order valence-electron chi connectivity index (χ1n) is 9.77. The summed E-state index contributed by atoms with van der Waals surface area (Å²) in [5, 5.41) is 7.54. The number of thiophene rings is 1. The highest BCUT2D eigenvalue weighted by Gasteiger charge is 2.26. The standard InChI is InChI=1S/C21H27ClN4OS/c1-25-8-9-26(13-16(25)4-3-10-27-2)14-20-17-7-11-28-21(17)24-18-6-5-15(22)12-19(18)23-20/h5-7,11-12,16,24H,3-4,8-10,13-14H2,1-2H3/t16-/m0/s1. The Morgan fingerprint density at radius 1 is 1.32 bits per heavy atom. The molecule has 0 amide bonds. The number of hydrogen-bond donors (Lipinski definition) is 1. The van der Waals surface area contributed by atoms with E-state index >= 15 is 0 Å². The average Bonchev–Trinajstić information content (AvgIpc) is 3.09. The molecule has 1 aromatic carbocycles. The molecule has 2 aliphatic rings. The summed E-state index contributed by atoms with van der Waals surface area (Å²) in [7, 11) is 4.01. The van der Waals surface area contributed by atoms with Gasteiger partial charge in [0.2, 0.25) is 0 Å². The topological polar surface area (TPSA) is 40.1 Å². The second kappa shape index (κ2) is 8.93. The number of benzene rings is 1. The summed E-state index contributed by atoms with van der Waals surface area (Å²) in [4.78, 5) is 10.0. The van der Waals surface area contributed by atoms with E-state index in [1.54, 1.807) is 18.4 Å². The monoisotopic (exact) mass is 418 g/mol. The number of ether oxygens (including phenoxy) is 1. The maximum absolute atomic E-state index is 6.23. The molecule has 1 atom stereocenters. The summed E-state index contributed by atoms with van der Waals surface area (Å²) >= 11 is 7.95. The van der Waals surface area contributed by atoms with Crippen molar-refractivity contribution in [2.75, 3.05) is 52.3 Å². The van der Waals surface area contributed by atoms with E-state index in [1.807, 2.05) is 18.2 Å². The van der Waals surface area contributed by atoms with E-state index in [2.05, 4.69) is 33.6 Å². The molecule has 1 fully saturated rings. The quantitative estimate of drug-likeness (QED) is 0.695. The van der Waals surface area contributed by atoms with E-state index in [1.165, 1.54) is 5.56 Å². The van der Waals surface area contributed by atoms with Crippen LogP contribution < -0.4 is 5.32 Å². The van der Waals surface area contributed by atoms with Gasteiger partial charge in [0.05, 0.1) is 17.1 Å². The van der Waals surface area contributed by atoms with Crippen LogP contribution in [0.15, 0.2) is 34.6 Å². The number of nitrogens with zero attached hydrogens (tertiary/aromatic N) is 3. The van der Waals surface area contributed by atoms with Gasteiger partial charge in [-0.15, -0.1) is 11.3 Å². The minimum Gasteiger partial charge on any atom is -0.385 e. The van der Waals surface area contributed by atoms with Crippen molar-refractivity contribution in [3.05, 3.63) is 40.2 Å². The number of nitrogens with one attached hydrogen (secondary N) is 1. The van der Waals surface area contributed by atoms with Crippen LogP contribution in [0.4, 0.5) is 16.4 Å². The molecule has 4 rings (SSSR count). The lowest BCUT2D eigenvalue weighted by molar-refractivity contribution is 0.0923. The van der Waals surface area contributed by atoms with Crippen LogP contribution >= 0.6 is 22.9 Å². The number of aliphatic imine (C=N–C) groups is 1. The number of anilines is 2. The lowest BCUT2D eigenvalue weighted by Gasteiger charge is -2.39. The van der Waals surface area contributed by atoms with Gasteiger partial charge in [0.25, 0.3) is 0 Å². The second-order valence-electron chi connectivity index (χ2n) is 7.51. The van der Waals surface area contributed by atoms with Crippen LogP contribution in [-0.2, 0) is 4.74 Å². The molecule has 5 nitrogen and oxygen atoms in total. The van der Waals surface area contributed by atoms with Gasteiger partial charge >= 0.3 is 0 Å². The highest BCUT2D eigenvalue weighted by atomic mass is 35.5. The van der Waals surface area contributed by atoms with E-state index in [0.717, 1.165) is 67.7 Å². The van der Waals surface area contributed by atoms with Crippen molar-refractivity contribution in [1.29, 1.82) is 0 Å². The summed E-state index contributed by atoms with van der Waals surface area (Å²) < 4.78 is 5.24. The number of piperazine rings is 1. The van der Waals surface area contributed by atoms with Crippen molar-refractivity contribution in [2.45, 2.75) is 18.9 Å². The Morgan fingerprint density at radius 2 is 2.21 bits per heavy atom. The van der Waals surface area contributed by atoms with Crippen LogP contribution in [0.1, 0.15) is 18.4 Å². The lowest BCUT2D eigenvalue weighted by Crippen LogP contribution is -2.52. The molecule has 0 aliphatic carbocycles. The summed E-state index contributed by atoms with van der Waals surface area (Å²) in [5.74, 6) is 0. The zero-order chi connectivity index (χ0) is 19.5. The van der Waals surface area contributed by atoms with Crippen molar-refractivity contribution in [3.8, 4) is 0 Å². The first-order chi connectivity index (χ1) is 13.6. The second-order valence-corrected chi connectivity index (χ2v) is 8.87. The van der Waals surface area contributed by atoms with Crippen LogP contribution in [-0.4, -0.2) is 68.5 Å². The molecule has 28 heavy (non-hydrogen) atoms. The third kappa shape index (κ3) is 4.42. The van der Waals surface area contributed by atoms with E-state index < -0.39 is 0 Å². The van der Waals surface area contributed by atoms with Crippen molar-refractivity contribution < 1.29 is 4.74 Å².